The molecule has 1 aliphatic carbocycles. The van der Waals surface area contributed by atoms with Crippen LogP contribution in [0.4, 0.5) is 0 Å². The summed E-state index contributed by atoms with van der Waals surface area (Å²) in [6.07, 6.45) is 2.14. The first-order valence-corrected chi connectivity index (χ1v) is 5.70. The molecule has 0 aromatic carbocycles. The Bertz CT molecular complexity index is 333. The summed E-state index contributed by atoms with van der Waals surface area (Å²) in [5.74, 6) is -0.515. The van der Waals surface area contributed by atoms with Gasteiger partial charge >= 0.3 is 5.97 Å². The zero-order valence-electron chi connectivity index (χ0n) is 10.1. The van der Waals surface area contributed by atoms with Gasteiger partial charge in [0.1, 0.15) is 0 Å². The van der Waals surface area contributed by atoms with Gasteiger partial charge in [0.2, 0.25) is 5.91 Å². The van der Waals surface area contributed by atoms with Crippen molar-refractivity contribution in [1.82, 2.24) is 4.90 Å². The number of allylic oxidation sites excluding steroid dienone is 1. The number of carbonyl (C=O) groups excluding carboxylic acids is 1. The molecular formula is C12H19NO3. The van der Waals surface area contributed by atoms with Crippen LogP contribution in [0.2, 0.25) is 0 Å². The van der Waals surface area contributed by atoms with Crippen LogP contribution in [0.15, 0.2) is 11.3 Å². The highest BCUT2D eigenvalue weighted by Crippen LogP contribution is 2.31. The van der Waals surface area contributed by atoms with Gasteiger partial charge in [0.25, 0.3) is 0 Å². The van der Waals surface area contributed by atoms with Crippen molar-refractivity contribution in [1.29, 1.82) is 0 Å². The summed E-state index contributed by atoms with van der Waals surface area (Å²) in [6, 6.07) is 0. The van der Waals surface area contributed by atoms with Gasteiger partial charge in [0, 0.05) is 19.2 Å². The SMILES string of the molecule is CCN(C(C)=O)C1=C(C(=O)O)CCC(C)C1. The third-order valence-corrected chi connectivity index (χ3v) is 3.06. The molecule has 1 N–H and O–H groups in total. The Hall–Kier alpha value is -1.32. The number of amides is 1. The second-order valence-electron chi connectivity index (χ2n) is 4.34. The third-order valence-electron chi connectivity index (χ3n) is 3.06. The van der Waals surface area contributed by atoms with Gasteiger partial charge in [-0.25, -0.2) is 4.79 Å². The molecule has 1 aliphatic rings. The summed E-state index contributed by atoms with van der Waals surface area (Å²) in [5.41, 5.74) is 1.12. The minimum Gasteiger partial charge on any atom is -0.478 e. The second kappa shape index (κ2) is 5.14. The molecular weight excluding hydrogens is 206 g/mol. The maximum atomic E-state index is 11.4. The maximum Gasteiger partial charge on any atom is 0.333 e. The molecule has 0 bridgehead atoms. The smallest absolute Gasteiger partial charge is 0.333 e. The molecule has 16 heavy (non-hydrogen) atoms. The van der Waals surface area contributed by atoms with E-state index in [4.69, 9.17) is 5.11 Å². The minimum atomic E-state index is -0.887. The predicted octanol–water partition coefficient (Wildman–Crippen LogP) is 2.01. The van der Waals surface area contributed by atoms with Gasteiger partial charge in [0.15, 0.2) is 0 Å². The number of hydrogen-bond donors (Lipinski definition) is 1. The van der Waals surface area contributed by atoms with E-state index in [-0.39, 0.29) is 5.91 Å². The Kier molecular flexibility index (Phi) is 4.10. The molecule has 0 saturated carbocycles. The Balaban J connectivity index is 3.09. The lowest BCUT2D eigenvalue weighted by Gasteiger charge is -2.30. The van der Waals surface area contributed by atoms with Crippen LogP contribution in [0.5, 0.6) is 0 Å². The Morgan fingerprint density at radius 3 is 2.56 bits per heavy atom. The fourth-order valence-corrected chi connectivity index (χ4v) is 2.20. The summed E-state index contributed by atoms with van der Waals surface area (Å²) >= 11 is 0. The average Bonchev–Trinajstić information content (AvgIpc) is 2.17. The standard InChI is InChI=1S/C12H19NO3/c1-4-13(9(3)14)11-7-8(2)5-6-10(11)12(15)16/h8H,4-7H2,1-3H3,(H,15,16). The molecule has 1 rings (SSSR count). The van der Waals surface area contributed by atoms with Crippen LogP contribution in [-0.2, 0) is 9.59 Å². The highest BCUT2D eigenvalue weighted by atomic mass is 16.4. The van der Waals surface area contributed by atoms with E-state index in [1.807, 2.05) is 6.92 Å². The summed E-state index contributed by atoms with van der Waals surface area (Å²) < 4.78 is 0. The van der Waals surface area contributed by atoms with E-state index < -0.39 is 5.97 Å². The molecule has 4 nitrogen and oxygen atoms in total. The number of nitrogens with zero attached hydrogens (tertiary/aromatic N) is 1. The Morgan fingerprint density at radius 1 is 1.50 bits per heavy atom. The highest BCUT2D eigenvalue weighted by molar-refractivity contribution is 5.89. The topological polar surface area (TPSA) is 57.6 Å². The van der Waals surface area contributed by atoms with E-state index in [0.29, 0.717) is 36.6 Å². The summed E-state index contributed by atoms with van der Waals surface area (Å²) in [6.45, 7) is 5.98. The minimum absolute atomic E-state index is 0.0784. The van der Waals surface area contributed by atoms with E-state index in [0.717, 1.165) is 6.42 Å². The lowest BCUT2D eigenvalue weighted by atomic mass is 9.87. The quantitative estimate of drug-likeness (QED) is 0.799. The van der Waals surface area contributed by atoms with E-state index >= 15 is 0 Å². The van der Waals surface area contributed by atoms with E-state index in [9.17, 15) is 9.59 Å². The van der Waals surface area contributed by atoms with Crippen molar-refractivity contribution in [2.45, 2.75) is 40.0 Å². The van der Waals surface area contributed by atoms with Crippen LogP contribution in [0, 0.1) is 5.92 Å². The van der Waals surface area contributed by atoms with E-state index in [1.165, 1.54) is 6.92 Å². The van der Waals surface area contributed by atoms with Gasteiger partial charge in [-0.05, 0) is 32.1 Å². The van der Waals surface area contributed by atoms with Gasteiger partial charge in [-0.15, -0.1) is 0 Å². The number of carboxylic acid groups (broad SMARTS) is 1. The van der Waals surface area contributed by atoms with Crippen molar-refractivity contribution in [3.63, 3.8) is 0 Å². The largest absolute Gasteiger partial charge is 0.478 e. The molecule has 1 amide bonds. The molecule has 0 saturated heterocycles. The summed E-state index contributed by atoms with van der Waals surface area (Å²) in [7, 11) is 0. The molecule has 0 radical (unpaired) electrons. The van der Waals surface area contributed by atoms with Crippen LogP contribution in [-0.4, -0.2) is 28.4 Å². The molecule has 1 unspecified atom stereocenters. The highest BCUT2D eigenvalue weighted by Gasteiger charge is 2.27. The summed E-state index contributed by atoms with van der Waals surface area (Å²) in [4.78, 5) is 24.1. The predicted molar refractivity (Wildman–Crippen MR) is 60.7 cm³/mol. The molecule has 1 atom stereocenters. The first-order valence-electron chi connectivity index (χ1n) is 5.70. The van der Waals surface area contributed by atoms with Gasteiger partial charge in [-0.3, -0.25) is 4.79 Å². The first-order chi connectivity index (χ1) is 7.47. The molecule has 0 fully saturated rings. The summed E-state index contributed by atoms with van der Waals surface area (Å²) in [5, 5.41) is 9.13. The normalized spacial score (nSPS) is 20.8. The van der Waals surface area contributed by atoms with Crippen LogP contribution >= 0.6 is 0 Å². The number of aliphatic carboxylic acids is 1. The Morgan fingerprint density at radius 2 is 2.12 bits per heavy atom. The number of rotatable bonds is 3. The number of carbonyl (C=O) groups is 2. The number of carboxylic acids is 1. The van der Waals surface area contributed by atoms with Gasteiger partial charge < -0.3 is 10.0 Å². The monoisotopic (exact) mass is 225 g/mol. The lowest BCUT2D eigenvalue weighted by molar-refractivity contribution is -0.133. The third kappa shape index (κ3) is 2.62. The molecule has 0 aromatic rings. The lowest BCUT2D eigenvalue weighted by Crippen LogP contribution is -2.32. The first kappa shape index (κ1) is 12.7. The van der Waals surface area contributed by atoms with Crippen molar-refractivity contribution in [3.05, 3.63) is 11.3 Å². The van der Waals surface area contributed by atoms with E-state index in [2.05, 4.69) is 6.92 Å². The Labute approximate surface area is 95.9 Å². The average molecular weight is 225 g/mol. The van der Waals surface area contributed by atoms with Crippen LogP contribution in [0.25, 0.3) is 0 Å². The molecule has 90 valence electrons. The van der Waals surface area contributed by atoms with Crippen LogP contribution < -0.4 is 0 Å². The molecule has 0 aromatic heterocycles. The molecule has 0 heterocycles. The van der Waals surface area contributed by atoms with E-state index in [1.54, 1.807) is 4.90 Å². The van der Waals surface area contributed by atoms with Gasteiger partial charge in [-0.2, -0.15) is 0 Å². The van der Waals surface area contributed by atoms with Crippen molar-refractivity contribution >= 4 is 11.9 Å². The number of hydrogen-bond acceptors (Lipinski definition) is 2. The van der Waals surface area contributed by atoms with Gasteiger partial charge in [0.05, 0.1) is 5.57 Å². The van der Waals surface area contributed by atoms with Crippen LogP contribution in [0.1, 0.15) is 40.0 Å². The molecule has 0 aliphatic heterocycles. The fourth-order valence-electron chi connectivity index (χ4n) is 2.20. The zero-order valence-corrected chi connectivity index (χ0v) is 10.1. The maximum absolute atomic E-state index is 11.4. The second-order valence-corrected chi connectivity index (χ2v) is 4.34. The van der Waals surface area contributed by atoms with Crippen molar-refractivity contribution in [2.75, 3.05) is 6.54 Å². The molecule has 4 heteroatoms. The fraction of sp³-hybridized carbons (Fsp3) is 0.667. The molecule has 0 spiro atoms. The van der Waals surface area contributed by atoms with Crippen molar-refractivity contribution < 1.29 is 14.7 Å². The van der Waals surface area contributed by atoms with Crippen molar-refractivity contribution in [2.24, 2.45) is 5.92 Å². The zero-order chi connectivity index (χ0) is 12.3. The van der Waals surface area contributed by atoms with Crippen LogP contribution in [0.3, 0.4) is 0 Å². The van der Waals surface area contributed by atoms with Gasteiger partial charge in [-0.1, -0.05) is 6.92 Å². The van der Waals surface area contributed by atoms with Crippen molar-refractivity contribution in [3.8, 4) is 0 Å².